The van der Waals surface area contributed by atoms with E-state index in [-0.39, 0.29) is 0 Å². The zero-order valence-corrected chi connectivity index (χ0v) is 5.79. The van der Waals surface area contributed by atoms with E-state index in [1.165, 1.54) is 0 Å². The van der Waals surface area contributed by atoms with Crippen molar-refractivity contribution in [3.63, 3.8) is 0 Å². The van der Waals surface area contributed by atoms with Crippen molar-refractivity contribution < 1.29 is 4.39 Å². The van der Waals surface area contributed by atoms with E-state index >= 15 is 0 Å². The van der Waals surface area contributed by atoms with E-state index in [2.05, 4.69) is 10.3 Å². The minimum Gasteiger partial charge on any atom is -0.343 e. The van der Waals surface area contributed by atoms with Crippen molar-refractivity contribution in [3.05, 3.63) is 34.8 Å². The molecule has 2 nitrogen and oxygen atoms in total. The van der Waals surface area contributed by atoms with Gasteiger partial charge < -0.3 is 5.32 Å². The molecule has 11 heavy (non-hydrogen) atoms. The van der Waals surface area contributed by atoms with Crippen LogP contribution in [0.25, 0.3) is 6.20 Å². The van der Waals surface area contributed by atoms with Gasteiger partial charge >= 0.3 is 0 Å². The first-order chi connectivity index (χ1) is 5.36. The highest BCUT2D eigenvalue weighted by molar-refractivity contribution is 5.23. The summed E-state index contributed by atoms with van der Waals surface area (Å²) in [5, 5.41) is 4.12. The second kappa shape index (κ2) is 2.34. The summed E-state index contributed by atoms with van der Waals surface area (Å²) in [7, 11) is 0. The lowest BCUT2D eigenvalue weighted by molar-refractivity contribution is 0.312. The monoisotopic (exact) mass is 150 g/mol. The van der Waals surface area contributed by atoms with Crippen molar-refractivity contribution in [2.75, 3.05) is 0 Å². The molecule has 1 unspecified atom stereocenters. The van der Waals surface area contributed by atoms with Crippen LogP contribution in [0.15, 0.2) is 29.3 Å². The van der Waals surface area contributed by atoms with Crippen molar-refractivity contribution in [2.45, 2.75) is 6.42 Å². The Labute approximate surface area is 63.1 Å². The lowest BCUT2D eigenvalue weighted by Crippen LogP contribution is -2.36. The van der Waals surface area contributed by atoms with Crippen LogP contribution < -0.4 is 15.9 Å². The normalized spacial score (nSPS) is 20.6. The van der Waals surface area contributed by atoms with E-state index in [1.54, 1.807) is 12.3 Å². The van der Waals surface area contributed by atoms with E-state index in [9.17, 15) is 4.39 Å². The van der Waals surface area contributed by atoms with E-state index in [0.29, 0.717) is 5.36 Å². The summed E-state index contributed by atoms with van der Waals surface area (Å²) in [4.78, 5) is 3.74. The zero-order valence-electron chi connectivity index (χ0n) is 5.79. The first kappa shape index (κ1) is 6.34. The number of hydrogen-bond acceptors (Lipinski definition) is 2. The average molecular weight is 150 g/mol. The Morgan fingerprint density at radius 3 is 3.09 bits per heavy atom. The second-order valence-electron chi connectivity index (χ2n) is 2.33. The molecule has 1 aliphatic rings. The molecule has 1 atom stereocenters. The second-order valence-corrected chi connectivity index (χ2v) is 2.33. The molecule has 0 radical (unpaired) electrons. The Bertz CT molecular complexity index is 372. The molecule has 1 N–H and O–H groups in total. The average Bonchev–Trinajstić information content (AvgIpc) is 2.04. The number of hydrogen-bond donors (Lipinski definition) is 1. The van der Waals surface area contributed by atoms with E-state index in [0.717, 1.165) is 5.22 Å². The van der Waals surface area contributed by atoms with Crippen LogP contribution >= 0.6 is 0 Å². The molecule has 56 valence electrons. The molecule has 0 fully saturated rings. The van der Waals surface area contributed by atoms with Gasteiger partial charge in [-0.15, -0.1) is 0 Å². The van der Waals surface area contributed by atoms with Gasteiger partial charge in [0.15, 0.2) is 0 Å². The van der Waals surface area contributed by atoms with Crippen molar-refractivity contribution in [1.29, 1.82) is 0 Å². The fraction of sp³-hybridized carbons (Fsp3) is 0.125. The molecule has 0 bridgehead atoms. The zero-order chi connectivity index (χ0) is 7.68. The van der Waals surface area contributed by atoms with E-state index < -0.39 is 6.42 Å². The standard InChI is InChI=1S/C8H7FN2/c9-8-10-5-6-3-1-2-4-7(6)11-8/h1-5,8,10H. The number of alkyl halides is 1. The SMILES string of the molecule is FC1N=c2ccccc2=CN1. The molecule has 0 saturated carbocycles. The van der Waals surface area contributed by atoms with Crippen LogP contribution in [0.2, 0.25) is 0 Å². The third kappa shape index (κ3) is 1.09. The molecule has 3 heteroatoms. The molecule has 1 aromatic rings. The minimum absolute atomic E-state index is 0.707. The highest BCUT2D eigenvalue weighted by Crippen LogP contribution is 1.87. The van der Waals surface area contributed by atoms with Crippen molar-refractivity contribution in [2.24, 2.45) is 4.99 Å². The third-order valence-electron chi connectivity index (χ3n) is 1.57. The maximum Gasteiger partial charge on any atom is 0.264 e. The van der Waals surface area contributed by atoms with Gasteiger partial charge in [0.05, 0.1) is 5.36 Å². The molecular weight excluding hydrogens is 143 g/mol. The first-order valence-electron chi connectivity index (χ1n) is 3.39. The summed E-state index contributed by atoms with van der Waals surface area (Å²) in [6, 6.07) is 7.41. The number of benzene rings is 1. The topological polar surface area (TPSA) is 24.4 Å². The fourth-order valence-electron chi connectivity index (χ4n) is 1.05. The summed E-state index contributed by atoms with van der Waals surface area (Å²) in [6.07, 6.45) is 0.345. The van der Waals surface area contributed by atoms with Gasteiger partial charge in [-0.3, -0.25) is 0 Å². The van der Waals surface area contributed by atoms with Crippen LogP contribution in [0.5, 0.6) is 0 Å². The molecular formula is C8H7FN2. The Hall–Kier alpha value is -1.38. The first-order valence-corrected chi connectivity index (χ1v) is 3.39. The number of para-hydroxylation sites is 1. The van der Waals surface area contributed by atoms with Gasteiger partial charge in [0.25, 0.3) is 6.42 Å². The number of nitrogens with one attached hydrogen (secondary N) is 1. The Balaban J connectivity index is 2.73. The van der Waals surface area contributed by atoms with Gasteiger partial charge in [0, 0.05) is 11.4 Å². The molecule has 2 rings (SSSR count). The summed E-state index contributed by atoms with van der Waals surface area (Å²) in [5.41, 5.74) is 0. The van der Waals surface area contributed by atoms with Gasteiger partial charge in [0.2, 0.25) is 0 Å². The van der Waals surface area contributed by atoms with Crippen molar-refractivity contribution in [1.82, 2.24) is 5.32 Å². The maximum absolute atomic E-state index is 12.6. The van der Waals surface area contributed by atoms with Crippen molar-refractivity contribution >= 4 is 6.20 Å². The Morgan fingerprint density at radius 1 is 1.36 bits per heavy atom. The number of fused-ring (bicyclic) bond motifs is 1. The van der Waals surface area contributed by atoms with Crippen LogP contribution in [0, 0.1) is 0 Å². The quantitative estimate of drug-likeness (QED) is 0.513. The Kier molecular flexibility index (Phi) is 1.35. The molecule has 0 saturated heterocycles. The fourth-order valence-corrected chi connectivity index (χ4v) is 1.05. The predicted molar refractivity (Wildman–Crippen MR) is 39.7 cm³/mol. The molecule has 1 aliphatic heterocycles. The van der Waals surface area contributed by atoms with Crippen LogP contribution in [-0.4, -0.2) is 6.42 Å². The highest BCUT2D eigenvalue weighted by Gasteiger charge is 2.01. The van der Waals surface area contributed by atoms with Crippen LogP contribution in [0.4, 0.5) is 4.39 Å². The van der Waals surface area contributed by atoms with Gasteiger partial charge in [-0.2, -0.15) is 4.39 Å². The predicted octanol–water partition coefficient (Wildman–Crippen LogP) is -0.0995. The lowest BCUT2D eigenvalue weighted by atomic mass is 10.3. The molecule has 0 amide bonds. The molecule has 1 heterocycles. The summed E-state index contributed by atoms with van der Waals surface area (Å²) >= 11 is 0. The summed E-state index contributed by atoms with van der Waals surface area (Å²) in [5.74, 6) is 0. The molecule has 0 spiro atoms. The van der Waals surface area contributed by atoms with Crippen LogP contribution in [0.1, 0.15) is 0 Å². The highest BCUT2D eigenvalue weighted by atomic mass is 19.1. The third-order valence-corrected chi connectivity index (χ3v) is 1.57. The van der Waals surface area contributed by atoms with Crippen molar-refractivity contribution in [3.8, 4) is 0 Å². The Morgan fingerprint density at radius 2 is 2.18 bits per heavy atom. The maximum atomic E-state index is 12.6. The van der Waals surface area contributed by atoms with Gasteiger partial charge in [-0.05, 0) is 6.07 Å². The molecule has 0 aliphatic carbocycles. The van der Waals surface area contributed by atoms with Gasteiger partial charge in [-0.25, -0.2) is 4.99 Å². The largest absolute Gasteiger partial charge is 0.343 e. The van der Waals surface area contributed by atoms with Gasteiger partial charge in [-0.1, -0.05) is 18.2 Å². The summed E-state index contributed by atoms with van der Waals surface area (Å²) in [6.45, 7) is 0. The lowest BCUT2D eigenvalue weighted by Gasteiger charge is -2.06. The smallest absolute Gasteiger partial charge is 0.264 e. The number of halogens is 1. The number of nitrogens with zero attached hydrogens (tertiary/aromatic N) is 1. The van der Waals surface area contributed by atoms with Gasteiger partial charge in [0.1, 0.15) is 0 Å². The number of rotatable bonds is 0. The van der Waals surface area contributed by atoms with Crippen LogP contribution in [0.3, 0.4) is 0 Å². The summed E-state index contributed by atoms with van der Waals surface area (Å²) < 4.78 is 12.6. The van der Waals surface area contributed by atoms with E-state index in [4.69, 9.17) is 0 Å². The minimum atomic E-state index is -1.29. The molecule has 1 aromatic carbocycles. The van der Waals surface area contributed by atoms with E-state index in [1.807, 2.05) is 18.2 Å². The molecule has 0 aromatic heterocycles. The van der Waals surface area contributed by atoms with Crippen LogP contribution in [-0.2, 0) is 0 Å².